The molecular formula is C11H26BN. The third-order valence-corrected chi connectivity index (χ3v) is 2.24. The van der Waals surface area contributed by atoms with E-state index < -0.39 is 0 Å². The summed E-state index contributed by atoms with van der Waals surface area (Å²) in [6, 6.07) is 0. The van der Waals surface area contributed by atoms with Crippen LogP contribution in [-0.4, -0.2) is 25.3 Å². The molecule has 0 unspecified atom stereocenters. The van der Waals surface area contributed by atoms with E-state index in [9.17, 15) is 0 Å². The minimum Gasteiger partial charge on any atom is -0.345 e. The highest BCUT2D eigenvalue weighted by Gasteiger charge is 2.07. The van der Waals surface area contributed by atoms with Gasteiger partial charge in [-0.15, -0.1) is 0 Å². The fraction of sp³-hybridized carbons (Fsp3) is 1.00. The Labute approximate surface area is 85.2 Å². The van der Waals surface area contributed by atoms with E-state index >= 15 is 0 Å². The minimum absolute atomic E-state index is 0.813. The van der Waals surface area contributed by atoms with Gasteiger partial charge in [0.25, 0.3) is 0 Å². The van der Waals surface area contributed by atoms with Crippen LogP contribution >= 0.6 is 0 Å². The second kappa shape index (κ2) is 8.62. The molecule has 13 heavy (non-hydrogen) atoms. The molecule has 0 amide bonds. The van der Waals surface area contributed by atoms with Gasteiger partial charge in [-0.3, -0.25) is 0 Å². The van der Waals surface area contributed by atoms with Crippen LogP contribution in [0.2, 0.25) is 5.82 Å². The number of rotatable bonds is 8. The Kier molecular flexibility index (Phi) is 8.63. The zero-order valence-electron chi connectivity index (χ0n) is 9.97. The Hall–Kier alpha value is 0.0249. The molecule has 0 rings (SSSR count). The van der Waals surface area contributed by atoms with E-state index in [2.05, 4.69) is 32.5 Å². The van der Waals surface area contributed by atoms with E-state index in [1.807, 2.05) is 0 Å². The van der Waals surface area contributed by atoms with Crippen LogP contribution in [0, 0.1) is 0 Å². The van der Waals surface area contributed by atoms with Gasteiger partial charge in [-0.25, -0.2) is 0 Å². The largest absolute Gasteiger partial charge is 0.345 e. The highest BCUT2D eigenvalue weighted by atomic mass is 15.0. The zero-order valence-corrected chi connectivity index (χ0v) is 9.97. The first-order valence-electron chi connectivity index (χ1n) is 5.93. The van der Waals surface area contributed by atoms with Crippen LogP contribution in [0.25, 0.3) is 0 Å². The first kappa shape index (κ1) is 13.0. The van der Waals surface area contributed by atoms with Gasteiger partial charge in [0.2, 0.25) is 7.41 Å². The lowest BCUT2D eigenvalue weighted by Gasteiger charge is -2.22. The summed E-state index contributed by atoms with van der Waals surface area (Å²) in [5.74, 6) is 0.813. The predicted octanol–water partition coefficient (Wildman–Crippen LogP) is 3.07. The molecule has 0 aromatic carbocycles. The van der Waals surface area contributed by atoms with Crippen LogP contribution in [0.1, 0.15) is 53.4 Å². The highest BCUT2D eigenvalue weighted by Crippen LogP contribution is 2.04. The summed E-state index contributed by atoms with van der Waals surface area (Å²) < 4.78 is 0. The Bertz CT molecular complexity index is 104. The molecule has 0 atom stereocenters. The maximum atomic E-state index is 2.61. The van der Waals surface area contributed by atoms with E-state index in [4.69, 9.17) is 0 Å². The number of hydrogen-bond acceptors (Lipinski definition) is 1. The smallest absolute Gasteiger partial charge is 0.206 e. The van der Waals surface area contributed by atoms with Gasteiger partial charge in [-0.2, -0.15) is 0 Å². The Morgan fingerprint density at radius 1 is 1.00 bits per heavy atom. The van der Waals surface area contributed by atoms with E-state index in [-0.39, 0.29) is 0 Å². The quantitative estimate of drug-likeness (QED) is 0.413. The molecule has 1 nitrogen and oxygen atoms in total. The average Bonchev–Trinajstić information content (AvgIpc) is 2.04. The lowest BCUT2D eigenvalue weighted by molar-refractivity contribution is 0.420. The molecule has 78 valence electrons. The molecule has 0 aromatic heterocycles. The van der Waals surface area contributed by atoms with Crippen LogP contribution in [-0.2, 0) is 0 Å². The van der Waals surface area contributed by atoms with E-state index in [1.54, 1.807) is 0 Å². The van der Waals surface area contributed by atoms with Gasteiger partial charge in [0.15, 0.2) is 0 Å². The molecule has 0 saturated heterocycles. The molecule has 0 spiro atoms. The number of nitrogens with zero attached hydrogens (tertiary/aromatic N) is 1. The van der Waals surface area contributed by atoms with E-state index in [1.165, 1.54) is 46.2 Å². The highest BCUT2D eigenvalue weighted by molar-refractivity contribution is 6.33. The Morgan fingerprint density at radius 2 is 1.69 bits per heavy atom. The Morgan fingerprint density at radius 3 is 2.15 bits per heavy atom. The maximum absolute atomic E-state index is 2.61. The van der Waals surface area contributed by atoms with Crippen LogP contribution < -0.4 is 0 Å². The standard InChI is InChI=1S/C11H26BN/c1-5-7-8-10-13(9-6-2)12-11(3)4/h11-12H,5-10H2,1-4H3. The Balaban J connectivity index is 3.53. The summed E-state index contributed by atoms with van der Waals surface area (Å²) in [5, 5.41) is 0. The fourth-order valence-electron chi connectivity index (χ4n) is 1.71. The molecule has 0 heterocycles. The van der Waals surface area contributed by atoms with Crippen LogP contribution in [0.4, 0.5) is 0 Å². The van der Waals surface area contributed by atoms with Crippen LogP contribution in [0.15, 0.2) is 0 Å². The molecule has 0 saturated carbocycles. The first-order valence-corrected chi connectivity index (χ1v) is 5.93. The summed E-state index contributed by atoms with van der Waals surface area (Å²) >= 11 is 0. The molecule has 0 bridgehead atoms. The molecular weight excluding hydrogens is 157 g/mol. The summed E-state index contributed by atoms with van der Waals surface area (Å²) in [5.41, 5.74) is 0. The zero-order chi connectivity index (χ0) is 10.1. The van der Waals surface area contributed by atoms with Gasteiger partial charge in [0.05, 0.1) is 0 Å². The second-order valence-electron chi connectivity index (χ2n) is 4.40. The molecule has 0 radical (unpaired) electrons. The normalized spacial score (nSPS) is 11.2. The van der Waals surface area contributed by atoms with Gasteiger partial charge in [0.1, 0.15) is 0 Å². The van der Waals surface area contributed by atoms with Crippen molar-refractivity contribution in [3.05, 3.63) is 0 Å². The van der Waals surface area contributed by atoms with Crippen LogP contribution in [0.3, 0.4) is 0 Å². The summed E-state index contributed by atoms with van der Waals surface area (Å²) in [4.78, 5) is 2.61. The molecule has 0 aliphatic carbocycles. The van der Waals surface area contributed by atoms with Crippen molar-refractivity contribution >= 4 is 7.41 Å². The van der Waals surface area contributed by atoms with Crippen LogP contribution in [0.5, 0.6) is 0 Å². The lowest BCUT2D eigenvalue weighted by atomic mass is 9.76. The molecule has 0 aromatic rings. The molecule has 0 fully saturated rings. The monoisotopic (exact) mass is 183 g/mol. The summed E-state index contributed by atoms with van der Waals surface area (Å²) in [7, 11) is 1.28. The topological polar surface area (TPSA) is 3.24 Å². The van der Waals surface area contributed by atoms with E-state index in [0.29, 0.717) is 0 Å². The predicted molar refractivity (Wildman–Crippen MR) is 63.6 cm³/mol. The van der Waals surface area contributed by atoms with Crippen molar-refractivity contribution in [2.24, 2.45) is 0 Å². The van der Waals surface area contributed by atoms with Gasteiger partial charge in [-0.1, -0.05) is 46.4 Å². The van der Waals surface area contributed by atoms with Gasteiger partial charge in [0, 0.05) is 0 Å². The third kappa shape index (κ3) is 8.36. The SMILES string of the molecule is CCCCCN(BC(C)C)CCC. The molecule has 0 N–H and O–H groups in total. The van der Waals surface area contributed by atoms with Crippen molar-refractivity contribution in [3.63, 3.8) is 0 Å². The molecule has 2 heteroatoms. The molecule has 0 aliphatic heterocycles. The van der Waals surface area contributed by atoms with Crippen molar-refractivity contribution in [1.29, 1.82) is 0 Å². The maximum Gasteiger partial charge on any atom is 0.206 e. The number of hydrogen-bond donors (Lipinski definition) is 0. The fourth-order valence-corrected chi connectivity index (χ4v) is 1.71. The average molecular weight is 183 g/mol. The van der Waals surface area contributed by atoms with Gasteiger partial charge < -0.3 is 4.81 Å². The van der Waals surface area contributed by atoms with E-state index in [0.717, 1.165) is 5.82 Å². The van der Waals surface area contributed by atoms with Crippen molar-refractivity contribution in [2.75, 3.05) is 13.1 Å². The van der Waals surface area contributed by atoms with Crippen molar-refractivity contribution < 1.29 is 0 Å². The van der Waals surface area contributed by atoms with Gasteiger partial charge >= 0.3 is 0 Å². The third-order valence-electron chi connectivity index (χ3n) is 2.24. The van der Waals surface area contributed by atoms with Gasteiger partial charge in [-0.05, 0) is 25.9 Å². The summed E-state index contributed by atoms with van der Waals surface area (Å²) in [6.07, 6.45) is 5.39. The van der Waals surface area contributed by atoms with Crippen molar-refractivity contribution in [3.8, 4) is 0 Å². The first-order chi connectivity index (χ1) is 6.20. The van der Waals surface area contributed by atoms with Crippen molar-refractivity contribution in [2.45, 2.75) is 59.2 Å². The summed E-state index contributed by atoms with van der Waals surface area (Å²) in [6.45, 7) is 11.7. The molecule has 0 aliphatic rings. The lowest BCUT2D eigenvalue weighted by Crippen LogP contribution is -2.31. The number of unbranched alkanes of at least 4 members (excludes halogenated alkanes) is 2. The minimum atomic E-state index is 0.813. The van der Waals surface area contributed by atoms with Crippen molar-refractivity contribution in [1.82, 2.24) is 4.81 Å². The second-order valence-corrected chi connectivity index (χ2v) is 4.40.